The van der Waals surface area contributed by atoms with Crippen molar-refractivity contribution < 1.29 is 26.8 Å². The molecule has 2 aromatic heterocycles. The van der Waals surface area contributed by atoms with E-state index in [4.69, 9.17) is 8.83 Å². The van der Waals surface area contributed by atoms with Crippen LogP contribution in [0.15, 0.2) is 62.9 Å². The summed E-state index contributed by atoms with van der Waals surface area (Å²) in [5.41, 5.74) is 0.231. The number of hydrogen-bond acceptors (Lipinski definition) is 5. The average molecular weight is 389 g/mol. The molecule has 9 heteroatoms. The molecule has 6 nitrogen and oxygen atoms in total. The van der Waals surface area contributed by atoms with Gasteiger partial charge in [-0.3, -0.25) is 4.79 Å². The third-order valence-corrected chi connectivity index (χ3v) is 4.31. The van der Waals surface area contributed by atoms with Gasteiger partial charge in [0.2, 0.25) is 0 Å². The molecule has 3 aromatic rings. The van der Waals surface area contributed by atoms with E-state index in [1.54, 1.807) is 24.3 Å². The Morgan fingerprint density at radius 2 is 1.89 bits per heavy atom. The molecule has 0 fully saturated rings. The Balaban J connectivity index is 1.54. The van der Waals surface area contributed by atoms with Crippen molar-refractivity contribution in [1.82, 2.24) is 5.01 Å². The fraction of sp³-hybridized carbons (Fsp3) is 0.158. The molecule has 1 aliphatic heterocycles. The zero-order valence-electron chi connectivity index (χ0n) is 14.4. The maximum Gasteiger partial charge on any atom is 0.262 e. The van der Waals surface area contributed by atoms with E-state index >= 15 is 0 Å². The van der Waals surface area contributed by atoms with Crippen LogP contribution in [-0.4, -0.2) is 23.2 Å². The van der Waals surface area contributed by atoms with E-state index in [1.165, 1.54) is 17.5 Å². The SMILES string of the molecule is O=C(CNc1ccc(F)c(F)c1F)N1N=C(c2ccco2)CC1c1ccco1. The van der Waals surface area contributed by atoms with Crippen LogP contribution in [0.3, 0.4) is 0 Å². The monoisotopic (exact) mass is 389 g/mol. The summed E-state index contributed by atoms with van der Waals surface area (Å²) >= 11 is 0. The summed E-state index contributed by atoms with van der Waals surface area (Å²) in [4.78, 5) is 12.7. The summed E-state index contributed by atoms with van der Waals surface area (Å²) in [5.74, 6) is -3.77. The molecule has 1 aromatic carbocycles. The van der Waals surface area contributed by atoms with Crippen LogP contribution in [-0.2, 0) is 4.79 Å². The lowest BCUT2D eigenvalue weighted by Crippen LogP contribution is -2.32. The van der Waals surface area contributed by atoms with Crippen molar-refractivity contribution in [2.75, 3.05) is 11.9 Å². The van der Waals surface area contributed by atoms with E-state index in [-0.39, 0.29) is 12.2 Å². The highest BCUT2D eigenvalue weighted by atomic mass is 19.2. The number of amides is 1. The van der Waals surface area contributed by atoms with Gasteiger partial charge in [-0.1, -0.05) is 0 Å². The second-order valence-electron chi connectivity index (χ2n) is 6.07. The number of anilines is 1. The van der Waals surface area contributed by atoms with Crippen LogP contribution in [0.1, 0.15) is 24.0 Å². The van der Waals surface area contributed by atoms with Gasteiger partial charge in [-0.05, 0) is 36.4 Å². The molecule has 4 rings (SSSR count). The molecule has 144 valence electrons. The molecule has 0 aliphatic carbocycles. The largest absolute Gasteiger partial charge is 0.467 e. The highest BCUT2D eigenvalue weighted by molar-refractivity contribution is 6.01. The van der Waals surface area contributed by atoms with Crippen molar-refractivity contribution in [2.45, 2.75) is 12.5 Å². The van der Waals surface area contributed by atoms with Crippen LogP contribution < -0.4 is 5.32 Å². The standard InChI is InChI=1S/C19H14F3N3O3/c20-11-5-6-12(19(22)18(11)21)23-10-17(26)25-14(16-4-2-8-28-16)9-13(24-25)15-3-1-7-27-15/h1-8,14,23H,9-10H2. The lowest BCUT2D eigenvalue weighted by Gasteiger charge is -2.20. The molecule has 0 bridgehead atoms. The van der Waals surface area contributed by atoms with Crippen LogP contribution in [0.5, 0.6) is 0 Å². The van der Waals surface area contributed by atoms with Gasteiger partial charge < -0.3 is 14.2 Å². The number of carbonyl (C=O) groups excluding carboxylic acids is 1. The van der Waals surface area contributed by atoms with Gasteiger partial charge in [0.15, 0.2) is 17.5 Å². The van der Waals surface area contributed by atoms with E-state index in [1.807, 2.05) is 0 Å². The summed E-state index contributed by atoms with van der Waals surface area (Å²) in [6.45, 7) is -0.381. The number of halogens is 3. The number of carbonyl (C=O) groups is 1. The molecule has 1 amide bonds. The van der Waals surface area contributed by atoms with Crippen molar-refractivity contribution in [2.24, 2.45) is 5.10 Å². The second kappa shape index (κ2) is 7.26. The van der Waals surface area contributed by atoms with Crippen molar-refractivity contribution >= 4 is 17.3 Å². The minimum absolute atomic E-state index is 0.323. The number of benzene rings is 1. The Hall–Kier alpha value is -3.49. The molecular weight excluding hydrogens is 375 g/mol. The smallest absolute Gasteiger partial charge is 0.262 e. The molecule has 0 radical (unpaired) electrons. The zero-order chi connectivity index (χ0) is 19.7. The summed E-state index contributed by atoms with van der Waals surface area (Å²) in [6, 6.07) is 8.13. The zero-order valence-corrected chi connectivity index (χ0v) is 14.4. The number of nitrogens with zero attached hydrogens (tertiary/aromatic N) is 2. The molecular formula is C19H14F3N3O3. The highest BCUT2D eigenvalue weighted by Gasteiger charge is 2.35. The van der Waals surface area contributed by atoms with E-state index in [2.05, 4.69) is 10.4 Å². The maximum absolute atomic E-state index is 13.8. The molecule has 0 saturated carbocycles. The van der Waals surface area contributed by atoms with Gasteiger partial charge in [0, 0.05) is 6.42 Å². The fourth-order valence-corrected chi connectivity index (χ4v) is 2.95. The second-order valence-corrected chi connectivity index (χ2v) is 6.07. The van der Waals surface area contributed by atoms with Gasteiger partial charge in [0.1, 0.15) is 23.3 Å². The molecule has 1 aliphatic rings. The van der Waals surface area contributed by atoms with Crippen molar-refractivity contribution in [3.8, 4) is 0 Å². The van der Waals surface area contributed by atoms with E-state index < -0.39 is 29.4 Å². The average Bonchev–Trinajstić information content (AvgIpc) is 3.45. The van der Waals surface area contributed by atoms with Gasteiger partial charge in [-0.25, -0.2) is 18.2 Å². The normalized spacial score (nSPS) is 16.3. The van der Waals surface area contributed by atoms with Crippen LogP contribution in [0.25, 0.3) is 0 Å². The molecule has 28 heavy (non-hydrogen) atoms. The number of hydrazone groups is 1. The summed E-state index contributed by atoms with van der Waals surface area (Å²) in [7, 11) is 0. The Bertz CT molecular complexity index is 1020. The van der Waals surface area contributed by atoms with Gasteiger partial charge in [-0.15, -0.1) is 0 Å². The molecule has 0 spiro atoms. The minimum Gasteiger partial charge on any atom is -0.467 e. The van der Waals surface area contributed by atoms with Crippen LogP contribution in [0.2, 0.25) is 0 Å². The molecule has 1 atom stereocenters. The predicted molar refractivity (Wildman–Crippen MR) is 93.0 cm³/mol. The number of rotatable bonds is 5. The van der Waals surface area contributed by atoms with Crippen molar-refractivity contribution in [3.05, 3.63) is 77.9 Å². The molecule has 1 N–H and O–H groups in total. The first-order valence-corrected chi connectivity index (χ1v) is 8.39. The van der Waals surface area contributed by atoms with Crippen molar-refractivity contribution in [3.63, 3.8) is 0 Å². The van der Waals surface area contributed by atoms with Gasteiger partial charge >= 0.3 is 0 Å². The number of nitrogens with one attached hydrogen (secondary N) is 1. The van der Waals surface area contributed by atoms with Gasteiger partial charge in [-0.2, -0.15) is 5.10 Å². The van der Waals surface area contributed by atoms with Crippen molar-refractivity contribution in [1.29, 1.82) is 0 Å². The first kappa shape index (κ1) is 17.9. The molecule has 3 heterocycles. The Kier molecular flexibility index (Phi) is 4.64. The van der Waals surface area contributed by atoms with Crippen LogP contribution >= 0.6 is 0 Å². The Morgan fingerprint density at radius 1 is 1.11 bits per heavy atom. The maximum atomic E-state index is 13.8. The molecule has 1 unspecified atom stereocenters. The summed E-state index contributed by atoms with van der Waals surface area (Å²) < 4.78 is 50.9. The first-order valence-electron chi connectivity index (χ1n) is 8.39. The Labute approximate surface area is 157 Å². The van der Waals surface area contributed by atoms with E-state index in [9.17, 15) is 18.0 Å². The topological polar surface area (TPSA) is 71.0 Å². The first-order chi connectivity index (χ1) is 13.5. The highest BCUT2D eigenvalue weighted by Crippen LogP contribution is 2.33. The summed E-state index contributed by atoms with van der Waals surface area (Å²) in [6.07, 6.45) is 3.35. The molecule has 0 saturated heterocycles. The van der Waals surface area contributed by atoms with Crippen LogP contribution in [0.4, 0.5) is 18.9 Å². The van der Waals surface area contributed by atoms with E-state index in [0.717, 1.165) is 12.1 Å². The number of hydrogen-bond donors (Lipinski definition) is 1. The number of furan rings is 2. The third-order valence-electron chi connectivity index (χ3n) is 4.31. The van der Waals surface area contributed by atoms with E-state index in [0.29, 0.717) is 23.7 Å². The summed E-state index contributed by atoms with van der Waals surface area (Å²) in [5, 5.41) is 8.00. The van der Waals surface area contributed by atoms with Gasteiger partial charge in [0.05, 0.1) is 24.8 Å². The van der Waals surface area contributed by atoms with Crippen LogP contribution in [0, 0.1) is 17.5 Å². The quantitative estimate of drug-likeness (QED) is 0.668. The Morgan fingerprint density at radius 3 is 2.61 bits per heavy atom. The minimum atomic E-state index is -1.61. The predicted octanol–water partition coefficient (Wildman–Crippen LogP) is 4.08. The third kappa shape index (κ3) is 3.26. The lowest BCUT2D eigenvalue weighted by molar-refractivity contribution is -0.131. The van der Waals surface area contributed by atoms with Gasteiger partial charge in [0.25, 0.3) is 5.91 Å². The lowest BCUT2D eigenvalue weighted by atomic mass is 10.1. The fourth-order valence-electron chi connectivity index (χ4n) is 2.95.